The van der Waals surface area contributed by atoms with E-state index in [0.717, 1.165) is 18.6 Å². The molecule has 0 radical (unpaired) electrons. The average molecular weight is 308 g/mol. The molecule has 0 saturated carbocycles. The summed E-state index contributed by atoms with van der Waals surface area (Å²) >= 11 is 0. The Balaban J connectivity index is 1.44. The number of benzene rings is 2. The van der Waals surface area contributed by atoms with E-state index in [4.69, 9.17) is 4.74 Å². The molecule has 2 bridgehead atoms. The van der Waals surface area contributed by atoms with Gasteiger partial charge >= 0.3 is 0 Å². The SMILES string of the molecule is O=C(N[C@@H]1C[C@H]2CC[C@@H]1N2)c1cccc(Oc2ccccc2)c1. The van der Waals surface area contributed by atoms with Crippen molar-refractivity contribution in [2.75, 3.05) is 0 Å². The summed E-state index contributed by atoms with van der Waals surface area (Å²) in [6, 6.07) is 18.2. The lowest BCUT2D eigenvalue weighted by molar-refractivity contribution is 0.0930. The summed E-state index contributed by atoms with van der Waals surface area (Å²) in [7, 11) is 0. The summed E-state index contributed by atoms with van der Waals surface area (Å²) in [5, 5.41) is 6.70. The number of fused-ring (bicyclic) bond motifs is 2. The van der Waals surface area contributed by atoms with E-state index >= 15 is 0 Å². The van der Waals surface area contributed by atoms with Gasteiger partial charge in [0.2, 0.25) is 0 Å². The minimum Gasteiger partial charge on any atom is -0.457 e. The number of nitrogens with one attached hydrogen (secondary N) is 2. The molecule has 0 aromatic heterocycles. The van der Waals surface area contributed by atoms with Crippen LogP contribution in [0.4, 0.5) is 0 Å². The maximum Gasteiger partial charge on any atom is 0.251 e. The van der Waals surface area contributed by atoms with E-state index in [0.29, 0.717) is 23.4 Å². The van der Waals surface area contributed by atoms with E-state index in [2.05, 4.69) is 10.6 Å². The Morgan fingerprint density at radius 2 is 1.87 bits per heavy atom. The van der Waals surface area contributed by atoms with Gasteiger partial charge in [-0.25, -0.2) is 0 Å². The van der Waals surface area contributed by atoms with Crippen molar-refractivity contribution in [1.82, 2.24) is 10.6 Å². The first-order valence-electron chi connectivity index (χ1n) is 8.18. The smallest absolute Gasteiger partial charge is 0.251 e. The van der Waals surface area contributed by atoms with Crippen molar-refractivity contribution in [2.24, 2.45) is 0 Å². The van der Waals surface area contributed by atoms with Crippen molar-refractivity contribution >= 4 is 5.91 Å². The number of carbonyl (C=O) groups excluding carboxylic acids is 1. The summed E-state index contributed by atoms with van der Waals surface area (Å²) in [6.07, 6.45) is 3.43. The van der Waals surface area contributed by atoms with Crippen LogP contribution in [0.5, 0.6) is 11.5 Å². The van der Waals surface area contributed by atoms with Crippen molar-refractivity contribution < 1.29 is 9.53 Å². The van der Waals surface area contributed by atoms with Gasteiger partial charge in [-0.2, -0.15) is 0 Å². The van der Waals surface area contributed by atoms with E-state index in [1.54, 1.807) is 6.07 Å². The zero-order chi connectivity index (χ0) is 15.6. The van der Waals surface area contributed by atoms with Gasteiger partial charge in [0.1, 0.15) is 11.5 Å². The summed E-state index contributed by atoms with van der Waals surface area (Å²) in [5.41, 5.74) is 0.640. The van der Waals surface area contributed by atoms with Gasteiger partial charge in [-0.15, -0.1) is 0 Å². The fourth-order valence-corrected chi connectivity index (χ4v) is 3.56. The Morgan fingerprint density at radius 3 is 2.61 bits per heavy atom. The number of hydrogen-bond acceptors (Lipinski definition) is 3. The van der Waals surface area contributed by atoms with E-state index in [1.165, 1.54) is 6.42 Å². The molecule has 0 unspecified atom stereocenters. The molecule has 0 aliphatic carbocycles. The standard InChI is InChI=1S/C19H20N2O2/c22-19(21-18-12-14-9-10-17(18)20-14)13-5-4-8-16(11-13)23-15-6-2-1-3-7-15/h1-8,11,14,17-18,20H,9-10,12H2,(H,21,22)/t14-,17+,18-/m1/s1. The molecule has 1 amide bonds. The lowest BCUT2D eigenvalue weighted by atomic mass is 9.95. The highest BCUT2D eigenvalue weighted by molar-refractivity contribution is 5.94. The van der Waals surface area contributed by atoms with Crippen LogP contribution in [0.25, 0.3) is 0 Å². The van der Waals surface area contributed by atoms with Gasteiger partial charge in [0.15, 0.2) is 0 Å². The fraction of sp³-hybridized carbons (Fsp3) is 0.316. The van der Waals surface area contributed by atoms with Crippen molar-refractivity contribution in [3.8, 4) is 11.5 Å². The van der Waals surface area contributed by atoms with Crippen molar-refractivity contribution in [2.45, 2.75) is 37.4 Å². The topological polar surface area (TPSA) is 50.4 Å². The van der Waals surface area contributed by atoms with Gasteiger partial charge in [0.05, 0.1) is 0 Å². The van der Waals surface area contributed by atoms with Crippen LogP contribution in [0.15, 0.2) is 54.6 Å². The fourth-order valence-electron chi connectivity index (χ4n) is 3.56. The number of carbonyl (C=O) groups is 1. The first-order valence-corrected chi connectivity index (χ1v) is 8.18. The Labute approximate surface area is 135 Å². The quantitative estimate of drug-likeness (QED) is 0.912. The third kappa shape index (κ3) is 3.08. The molecule has 118 valence electrons. The summed E-state index contributed by atoms with van der Waals surface area (Å²) < 4.78 is 5.80. The molecule has 2 fully saturated rings. The van der Waals surface area contributed by atoms with Gasteiger partial charge in [0, 0.05) is 23.7 Å². The monoisotopic (exact) mass is 308 g/mol. The van der Waals surface area contributed by atoms with Crippen LogP contribution in [-0.4, -0.2) is 24.0 Å². The van der Waals surface area contributed by atoms with Crippen LogP contribution < -0.4 is 15.4 Å². The van der Waals surface area contributed by atoms with E-state index in [1.807, 2.05) is 48.5 Å². The summed E-state index contributed by atoms with van der Waals surface area (Å²) in [4.78, 5) is 12.5. The lowest BCUT2D eigenvalue weighted by Gasteiger charge is -2.21. The highest BCUT2D eigenvalue weighted by atomic mass is 16.5. The van der Waals surface area contributed by atoms with Crippen LogP contribution in [0.1, 0.15) is 29.6 Å². The highest BCUT2D eigenvalue weighted by Crippen LogP contribution is 2.28. The number of ether oxygens (including phenoxy) is 1. The Bertz CT molecular complexity index is 702. The van der Waals surface area contributed by atoms with Crippen molar-refractivity contribution in [3.63, 3.8) is 0 Å². The zero-order valence-corrected chi connectivity index (χ0v) is 12.9. The molecule has 2 aliphatic heterocycles. The predicted octanol–water partition coefficient (Wildman–Crippen LogP) is 3.10. The molecule has 23 heavy (non-hydrogen) atoms. The highest BCUT2D eigenvalue weighted by Gasteiger charge is 2.39. The number of hydrogen-bond donors (Lipinski definition) is 2. The Kier molecular flexibility index (Phi) is 3.75. The van der Waals surface area contributed by atoms with Crippen molar-refractivity contribution in [3.05, 3.63) is 60.2 Å². The van der Waals surface area contributed by atoms with Crippen LogP contribution in [0.3, 0.4) is 0 Å². The van der Waals surface area contributed by atoms with Crippen LogP contribution in [-0.2, 0) is 0 Å². The molecule has 2 saturated heterocycles. The molecule has 2 N–H and O–H groups in total. The molecular formula is C19H20N2O2. The minimum atomic E-state index is -0.0251. The Hall–Kier alpha value is -2.33. The predicted molar refractivity (Wildman–Crippen MR) is 88.8 cm³/mol. The number of para-hydroxylation sites is 1. The maximum atomic E-state index is 12.5. The summed E-state index contributed by atoms with van der Waals surface area (Å²) in [5.74, 6) is 1.42. The van der Waals surface area contributed by atoms with Crippen LogP contribution >= 0.6 is 0 Å². The molecule has 0 spiro atoms. The molecule has 2 aromatic carbocycles. The molecule has 4 nitrogen and oxygen atoms in total. The molecule has 3 atom stereocenters. The van der Waals surface area contributed by atoms with E-state index in [-0.39, 0.29) is 11.9 Å². The second kappa shape index (κ2) is 6.05. The minimum absolute atomic E-state index is 0.0251. The largest absolute Gasteiger partial charge is 0.457 e. The average Bonchev–Trinajstić information content (AvgIpc) is 3.19. The number of amides is 1. The first kappa shape index (κ1) is 14.3. The summed E-state index contributed by atoms with van der Waals surface area (Å²) in [6.45, 7) is 0. The van der Waals surface area contributed by atoms with Gasteiger partial charge in [-0.1, -0.05) is 24.3 Å². The first-order chi connectivity index (χ1) is 11.3. The van der Waals surface area contributed by atoms with E-state index in [9.17, 15) is 4.79 Å². The Morgan fingerprint density at radius 1 is 1.04 bits per heavy atom. The third-order valence-electron chi connectivity index (χ3n) is 4.69. The van der Waals surface area contributed by atoms with Crippen LogP contribution in [0.2, 0.25) is 0 Å². The molecule has 4 rings (SSSR count). The molecule has 2 heterocycles. The van der Waals surface area contributed by atoms with Gasteiger partial charge < -0.3 is 15.4 Å². The third-order valence-corrected chi connectivity index (χ3v) is 4.69. The second-order valence-electron chi connectivity index (χ2n) is 6.31. The van der Waals surface area contributed by atoms with E-state index < -0.39 is 0 Å². The zero-order valence-electron chi connectivity index (χ0n) is 12.9. The molecule has 2 aliphatic rings. The molecule has 2 aromatic rings. The van der Waals surface area contributed by atoms with Gasteiger partial charge in [-0.3, -0.25) is 4.79 Å². The molecular weight excluding hydrogens is 288 g/mol. The van der Waals surface area contributed by atoms with Crippen molar-refractivity contribution in [1.29, 1.82) is 0 Å². The normalized spacial score (nSPS) is 25.3. The maximum absolute atomic E-state index is 12.5. The lowest BCUT2D eigenvalue weighted by Crippen LogP contribution is -2.42. The second-order valence-corrected chi connectivity index (χ2v) is 6.31. The van der Waals surface area contributed by atoms with Crippen LogP contribution in [0, 0.1) is 0 Å². The number of rotatable bonds is 4. The van der Waals surface area contributed by atoms with Gasteiger partial charge in [-0.05, 0) is 49.6 Å². The van der Waals surface area contributed by atoms with Gasteiger partial charge in [0.25, 0.3) is 5.91 Å². The molecule has 4 heteroatoms.